The number of allylic oxidation sites excluding steroid dienone is 2. The third kappa shape index (κ3) is 4.99. The summed E-state index contributed by atoms with van der Waals surface area (Å²) in [5.41, 5.74) is 3.18. The summed E-state index contributed by atoms with van der Waals surface area (Å²) in [6.45, 7) is 4.09. The second kappa shape index (κ2) is 8.15. The average molecular weight is 290 g/mol. The molecule has 1 aromatic carbocycles. The van der Waals surface area contributed by atoms with Crippen molar-refractivity contribution in [2.24, 2.45) is 0 Å². The molecule has 0 bridgehead atoms. The van der Waals surface area contributed by atoms with Gasteiger partial charge in [0.2, 0.25) is 0 Å². The van der Waals surface area contributed by atoms with Crippen molar-refractivity contribution in [3.8, 4) is 11.5 Å². The van der Waals surface area contributed by atoms with Crippen LogP contribution in [0.5, 0.6) is 11.5 Å². The van der Waals surface area contributed by atoms with E-state index in [0.29, 0.717) is 11.5 Å². The normalized spacial score (nSPS) is 10.3. The molecule has 0 aliphatic rings. The molecule has 0 radical (unpaired) electrons. The molecule has 4 nitrogen and oxygen atoms in total. The molecule has 0 N–H and O–H groups in total. The molecule has 21 heavy (non-hydrogen) atoms. The van der Waals surface area contributed by atoms with Crippen molar-refractivity contribution in [3.63, 3.8) is 0 Å². The third-order valence-electron chi connectivity index (χ3n) is 2.98. The zero-order chi connectivity index (χ0) is 15.8. The molecule has 0 unspecified atom stereocenters. The summed E-state index contributed by atoms with van der Waals surface area (Å²) in [5, 5.41) is 0. The maximum atomic E-state index is 11.3. The Bertz CT molecular complexity index is 552. The zero-order valence-corrected chi connectivity index (χ0v) is 13.2. The van der Waals surface area contributed by atoms with Crippen molar-refractivity contribution in [2.75, 3.05) is 21.3 Å². The van der Waals surface area contributed by atoms with Gasteiger partial charge in [0.1, 0.15) is 0 Å². The Hall–Kier alpha value is -2.23. The SMILES string of the molecule is COC(=O)/C=C/c1cc(OC)c(OC)cc1CC=C(C)C. The van der Waals surface area contributed by atoms with Gasteiger partial charge in [0.25, 0.3) is 0 Å². The van der Waals surface area contributed by atoms with Crippen LogP contribution in [0.25, 0.3) is 6.08 Å². The number of hydrogen-bond donors (Lipinski definition) is 0. The van der Waals surface area contributed by atoms with Crippen LogP contribution in [0.15, 0.2) is 29.9 Å². The molecule has 1 rings (SSSR count). The maximum Gasteiger partial charge on any atom is 0.330 e. The average Bonchev–Trinajstić information content (AvgIpc) is 2.49. The highest BCUT2D eigenvalue weighted by molar-refractivity contribution is 5.87. The Balaban J connectivity index is 3.25. The molecule has 1 aromatic rings. The molecule has 0 saturated heterocycles. The van der Waals surface area contributed by atoms with Crippen molar-refractivity contribution < 1.29 is 19.0 Å². The largest absolute Gasteiger partial charge is 0.493 e. The van der Waals surface area contributed by atoms with Crippen LogP contribution in [0.3, 0.4) is 0 Å². The van der Waals surface area contributed by atoms with Crippen molar-refractivity contribution in [1.29, 1.82) is 0 Å². The van der Waals surface area contributed by atoms with Gasteiger partial charge in [-0.25, -0.2) is 4.79 Å². The fraction of sp³-hybridized carbons (Fsp3) is 0.353. The minimum Gasteiger partial charge on any atom is -0.493 e. The molecule has 0 fully saturated rings. The summed E-state index contributed by atoms with van der Waals surface area (Å²) in [5.74, 6) is 0.908. The summed E-state index contributed by atoms with van der Waals surface area (Å²) in [6.07, 6.45) is 6.00. The first kappa shape index (κ1) is 16.8. The number of benzene rings is 1. The summed E-state index contributed by atoms with van der Waals surface area (Å²) in [6, 6.07) is 3.78. The summed E-state index contributed by atoms with van der Waals surface area (Å²) in [4.78, 5) is 11.3. The van der Waals surface area contributed by atoms with Crippen LogP contribution in [0, 0.1) is 0 Å². The lowest BCUT2D eigenvalue weighted by molar-refractivity contribution is -0.134. The highest BCUT2D eigenvalue weighted by Crippen LogP contribution is 2.31. The summed E-state index contributed by atoms with van der Waals surface area (Å²) < 4.78 is 15.2. The fourth-order valence-corrected chi connectivity index (χ4v) is 1.81. The van der Waals surface area contributed by atoms with E-state index in [-0.39, 0.29) is 0 Å². The van der Waals surface area contributed by atoms with E-state index in [1.54, 1.807) is 20.3 Å². The fourth-order valence-electron chi connectivity index (χ4n) is 1.81. The van der Waals surface area contributed by atoms with E-state index in [1.807, 2.05) is 26.0 Å². The van der Waals surface area contributed by atoms with Crippen molar-refractivity contribution in [3.05, 3.63) is 41.0 Å². The Morgan fingerprint density at radius 3 is 2.24 bits per heavy atom. The van der Waals surface area contributed by atoms with Gasteiger partial charge in [-0.05, 0) is 49.6 Å². The lowest BCUT2D eigenvalue weighted by Gasteiger charge is -2.12. The van der Waals surface area contributed by atoms with E-state index < -0.39 is 5.97 Å². The van der Waals surface area contributed by atoms with E-state index in [1.165, 1.54) is 18.8 Å². The van der Waals surface area contributed by atoms with Crippen LogP contribution in [-0.2, 0) is 16.0 Å². The van der Waals surface area contributed by atoms with E-state index in [9.17, 15) is 4.79 Å². The Labute approximate surface area is 126 Å². The zero-order valence-electron chi connectivity index (χ0n) is 13.2. The van der Waals surface area contributed by atoms with Gasteiger partial charge in [-0.2, -0.15) is 0 Å². The maximum absolute atomic E-state index is 11.3. The second-order valence-corrected chi connectivity index (χ2v) is 4.75. The topological polar surface area (TPSA) is 44.8 Å². The highest BCUT2D eigenvalue weighted by Gasteiger charge is 2.09. The quantitative estimate of drug-likeness (QED) is 0.457. The van der Waals surface area contributed by atoms with Gasteiger partial charge in [0, 0.05) is 6.08 Å². The summed E-state index contributed by atoms with van der Waals surface area (Å²) in [7, 11) is 4.54. The third-order valence-corrected chi connectivity index (χ3v) is 2.98. The first-order valence-electron chi connectivity index (χ1n) is 6.66. The van der Waals surface area contributed by atoms with Gasteiger partial charge in [0.05, 0.1) is 21.3 Å². The van der Waals surface area contributed by atoms with E-state index >= 15 is 0 Å². The van der Waals surface area contributed by atoms with Crippen molar-refractivity contribution >= 4 is 12.0 Å². The molecule has 0 spiro atoms. The summed E-state index contributed by atoms with van der Waals surface area (Å²) >= 11 is 0. The van der Waals surface area contributed by atoms with E-state index in [2.05, 4.69) is 10.8 Å². The predicted octanol–water partition coefficient (Wildman–Crippen LogP) is 3.40. The molecular weight excluding hydrogens is 268 g/mol. The van der Waals surface area contributed by atoms with Gasteiger partial charge < -0.3 is 14.2 Å². The lowest BCUT2D eigenvalue weighted by Crippen LogP contribution is -1.97. The minimum atomic E-state index is -0.391. The van der Waals surface area contributed by atoms with Gasteiger partial charge in [-0.1, -0.05) is 11.6 Å². The van der Waals surface area contributed by atoms with Gasteiger partial charge in [-0.15, -0.1) is 0 Å². The first-order valence-corrected chi connectivity index (χ1v) is 6.66. The van der Waals surface area contributed by atoms with Crippen molar-refractivity contribution in [2.45, 2.75) is 20.3 Å². The number of rotatable bonds is 6. The van der Waals surface area contributed by atoms with Gasteiger partial charge in [0.15, 0.2) is 11.5 Å². The highest BCUT2D eigenvalue weighted by atomic mass is 16.5. The van der Waals surface area contributed by atoms with E-state index in [4.69, 9.17) is 9.47 Å². The number of carbonyl (C=O) groups excluding carboxylic acids is 1. The van der Waals surface area contributed by atoms with Crippen LogP contribution >= 0.6 is 0 Å². The number of esters is 1. The Morgan fingerprint density at radius 2 is 1.71 bits per heavy atom. The van der Waals surface area contributed by atoms with E-state index in [0.717, 1.165) is 17.5 Å². The second-order valence-electron chi connectivity index (χ2n) is 4.75. The number of hydrogen-bond acceptors (Lipinski definition) is 4. The molecule has 0 atom stereocenters. The number of carbonyl (C=O) groups is 1. The predicted molar refractivity (Wildman–Crippen MR) is 83.7 cm³/mol. The van der Waals surface area contributed by atoms with Crippen LogP contribution in [0.1, 0.15) is 25.0 Å². The molecule has 0 aliphatic heterocycles. The smallest absolute Gasteiger partial charge is 0.330 e. The molecule has 4 heteroatoms. The molecule has 0 amide bonds. The number of ether oxygens (including phenoxy) is 3. The molecule has 0 heterocycles. The standard InChI is InChI=1S/C17H22O4/c1-12(2)6-7-13-10-15(19-3)16(20-4)11-14(13)8-9-17(18)21-5/h6,8-11H,7H2,1-5H3/b9-8+. The van der Waals surface area contributed by atoms with Crippen LogP contribution in [0.2, 0.25) is 0 Å². The Morgan fingerprint density at radius 1 is 1.10 bits per heavy atom. The van der Waals surface area contributed by atoms with Crippen molar-refractivity contribution in [1.82, 2.24) is 0 Å². The molecule has 114 valence electrons. The minimum absolute atomic E-state index is 0.391. The van der Waals surface area contributed by atoms with Gasteiger partial charge >= 0.3 is 5.97 Å². The lowest BCUT2D eigenvalue weighted by atomic mass is 10.0. The van der Waals surface area contributed by atoms with Crippen LogP contribution in [0.4, 0.5) is 0 Å². The molecule has 0 saturated carbocycles. The Kier molecular flexibility index (Phi) is 6.53. The molecule has 0 aromatic heterocycles. The molecular formula is C17H22O4. The molecule has 0 aliphatic carbocycles. The van der Waals surface area contributed by atoms with Crippen LogP contribution < -0.4 is 9.47 Å². The first-order chi connectivity index (χ1) is 10.0. The number of methoxy groups -OCH3 is 3. The monoisotopic (exact) mass is 290 g/mol. The van der Waals surface area contributed by atoms with Crippen LogP contribution in [-0.4, -0.2) is 27.3 Å². The van der Waals surface area contributed by atoms with Gasteiger partial charge in [-0.3, -0.25) is 0 Å².